The van der Waals surface area contributed by atoms with Crippen LogP contribution in [0.4, 0.5) is 0 Å². The third-order valence-electron chi connectivity index (χ3n) is 3.23. The first-order valence-electron chi connectivity index (χ1n) is 6.80. The number of H-pyrrole nitrogens is 2. The van der Waals surface area contributed by atoms with E-state index in [9.17, 15) is 9.59 Å². The number of hydrogen-bond acceptors (Lipinski definition) is 4. The smallest absolute Gasteiger partial charge is 0.207 e. The molecule has 0 spiro atoms. The minimum atomic E-state index is -0.119. The number of rotatable bonds is 0. The zero-order valence-corrected chi connectivity index (χ0v) is 13.6. The van der Waals surface area contributed by atoms with E-state index in [0.717, 1.165) is 0 Å². The molecule has 24 heavy (non-hydrogen) atoms. The predicted molar refractivity (Wildman–Crippen MR) is 94.7 cm³/mol. The van der Waals surface area contributed by atoms with Crippen molar-refractivity contribution in [2.45, 2.75) is 0 Å². The van der Waals surface area contributed by atoms with Crippen molar-refractivity contribution in [3.63, 3.8) is 0 Å². The molecule has 0 aliphatic carbocycles. The van der Waals surface area contributed by atoms with E-state index in [-0.39, 0.29) is 10.9 Å². The molecule has 2 aromatic carbocycles. The lowest BCUT2D eigenvalue weighted by Crippen LogP contribution is -2.02. The minimum absolute atomic E-state index is 0.119. The Morgan fingerprint density at radius 3 is 1.54 bits per heavy atom. The van der Waals surface area contributed by atoms with Crippen LogP contribution in [0, 0.1) is 0 Å². The van der Waals surface area contributed by atoms with E-state index in [1.807, 2.05) is 0 Å². The van der Waals surface area contributed by atoms with Crippen molar-refractivity contribution in [2.75, 3.05) is 0 Å². The Hall–Kier alpha value is -2.70. The van der Waals surface area contributed by atoms with Gasteiger partial charge in [0.2, 0.25) is 10.9 Å². The first kappa shape index (κ1) is 16.2. The standard InChI is InChI=1S/2C8H5ClN2O/c2*9-5-1-2-7-6(3-5)8(12)4-10-11-7/h2*1-4H,(H,11,12). The maximum Gasteiger partial charge on any atom is 0.207 e. The van der Waals surface area contributed by atoms with Crippen LogP contribution in [0.25, 0.3) is 21.8 Å². The van der Waals surface area contributed by atoms with Crippen molar-refractivity contribution in [3.05, 3.63) is 79.3 Å². The molecule has 4 aromatic rings. The van der Waals surface area contributed by atoms with Gasteiger partial charge in [0.25, 0.3) is 0 Å². The fourth-order valence-electron chi connectivity index (χ4n) is 2.10. The van der Waals surface area contributed by atoms with Crippen LogP contribution in [0.2, 0.25) is 10.0 Å². The van der Waals surface area contributed by atoms with Gasteiger partial charge in [0.05, 0.1) is 34.2 Å². The lowest BCUT2D eigenvalue weighted by atomic mass is 10.2. The second-order valence-corrected chi connectivity index (χ2v) is 5.72. The molecular weight excluding hydrogens is 351 g/mol. The summed E-state index contributed by atoms with van der Waals surface area (Å²) in [6, 6.07) is 10.1. The van der Waals surface area contributed by atoms with Crippen molar-refractivity contribution < 1.29 is 0 Å². The highest BCUT2D eigenvalue weighted by atomic mass is 35.5. The van der Waals surface area contributed by atoms with Crippen molar-refractivity contribution in [2.24, 2.45) is 0 Å². The van der Waals surface area contributed by atoms with E-state index >= 15 is 0 Å². The Bertz CT molecular complexity index is 1050. The fourth-order valence-corrected chi connectivity index (χ4v) is 2.44. The van der Waals surface area contributed by atoms with Crippen LogP contribution in [0.1, 0.15) is 0 Å². The summed E-state index contributed by atoms with van der Waals surface area (Å²) in [6.07, 6.45) is 2.47. The van der Waals surface area contributed by atoms with Gasteiger partial charge in [0.15, 0.2) is 0 Å². The molecule has 2 N–H and O–H groups in total. The number of aromatic nitrogens is 4. The molecule has 0 unspecified atom stereocenters. The lowest BCUT2D eigenvalue weighted by molar-refractivity contribution is 1.06. The van der Waals surface area contributed by atoms with Gasteiger partial charge in [0.1, 0.15) is 0 Å². The van der Waals surface area contributed by atoms with Gasteiger partial charge in [-0.3, -0.25) is 19.8 Å². The van der Waals surface area contributed by atoms with Crippen LogP contribution >= 0.6 is 23.2 Å². The summed E-state index contributed by atoms with van der Waals surface area (Å²) in [5.74, 6) is 0. The van der Waals surface area contributed by atoms with Crippen molar-refractivity contribution in [3.8, 4) is 0 Å². The van der Waals surface area contributed by atoms with Gasteiger partial charge in [-0.1, -0.05) is 23.2 Å². The van der Waals surface area contributed by atoms with Crippen molar-refractivity contribution in [1.82, 2.24) is 20.4 Å². The molecule has 0 aliphatic rings. The summed E-state index contributed by atoms with van der Waals surface area (Å²) in [6.45, 7) is 0. The Kier molecular flexibility index (Phi) is 4.59. The maximum absolute atomic E-state index is 11.2. The monoisotopic (exact) mass is 360 g/mol. The summed E-state index contributed by atoms with van der Waals surface area (Å²) in [7, 11) is 0. The van der Waals surface area contributed by atoms with Gasteiger partial charge in [-0.2, -0.15) is 10.2 Å². The summed E-state index contributed by atoms with van der Waals surface area (Å²) >= 11 is 11.4. The highest BCUT2D eigenvalue weighted by Gasteiger charge is 1.98. The third kappa shape index (κ3) is 3.45. The number of halogens is 2. The second-order valence-electron chi connectivity index (χ2n) is 4.85. The van der Waals surface area contributed by atoms with Gasteiger partial charge in [-0.05, 0) is 36.4 Å². The van der Waals surface area contributed by atoms with Gasteiger partial charge in [-0.25, -0.2) is 0 Å². The number of fused-ring (bicyclic) bond motifs is 2. The van der Waals surface area contributed by atoms with Crippen LogP contribution in [0.15, 0.2) is 58.4 Å². The van der Waals surface area contributed by atoms with Gasteiger partial charge >= 0.3 is 0 Å². The Balaban J connectivity index is 0.000000141. The SMILES string of the molecule is O=c1cn[nH]c2ccc(Cl)cc12.O=c1cn[nH]c2ccc(Cl)cc12. The molecule has 0 bridgehead atoms. The average molecular weight is 361 g/mol. The summed E-state index contributed by atoms with van der Waals surface area (Å²) < 4.78 is 0. The van der Waals surface area contributed by atoms with Gasteiger partial charge < -0.3 is 0 Å². The van der Waals surface area contributed by atoms with E-state index in [4.69, 9.17) is 23.2 Å². The molecular formula is C16H10Cl2N4O2. The van der Waals surface area contributed by atoms with Crippen molar-refractivity contribution in [1.29, 1.82) is 0 Å². The molecule has 0 saturated carbocycles. The minimum Gasteiger partial charge on any atom is -0.287 e. The van der Waals surface area contributed by atoms with Crippen LogP contribution < -0.4 is 10.9 Å². The highest BCUT2D eigenvalue weighted by Crippen LogP contribution is 2.13. The number of aromatic amines is 2. The average Bonchev–Trinajstić information content (AvgIpc) is 2.57. The highest BCUT2D eigenvalue weighted by molar-refractivity contribution is 6.31. The third-order valence-corrected chi connectivity index (χ3v) is 3.70. The summed E-state index contributed by atoms with van der Waals surface area (Å²) in [5, 5.41) is 15.0. The molecule has 0 amide bonds. The van der Waals surface area contributed by atoms with E-state index < -0.39 is 0 Å². The van der Waals surface area contributed by atoms with E-state index in [1.54, 1.807) is 36.4 Å². The first-order chi connectivity index (χ1) is 11.5. The molecule has 2 heterocycles. The fraction of sp³-hybridized carbons (Fsp3) is 0. The van der Waals surface area contributed by atoms with Crippen molar-refractivity contribution >= 4 is 45.0 Å². The van der Waals surface area contributed by atoms with E-state index in [0.29, 0.717) is 31.9 Å². The summed E-state index contributed by atoms with van der Waals surface area (Å²) in [5.41, 5.74) is 1.16. The van der Waals surface area contributed by atoms with Crippen LogP contribution in [-0.2, 0) is 0 Å². The molecule has 0 fully saturated rings. The molecule has 0 aliphatic heterocycles. The van der Waals surface area contributed by atoms with E-state index in [2.05, 4.69) is 20.4 Å². The van der Waals surface area contributed by atoms with Crippen LogP contribution in [-0.4, -0.2) is 20.4 Å². The Labute approximate surface area is 145 Å². The number of hydrogen-bond donors (Lipinski definition) is 2. The largest absolute Gasteiger partial charge is 0.287 e. The number of nitrogens with zero attached hydrogens (tertiary/aromatic N) is 2. The predicted octanol–water partition coefficient (Wildman–Crippen LogP) is 3.15. The molecule has 120 valence electrons. The summed E-state index contributed by atoms with van der Waals surface area (Å²) in [4.78, 5) is 22.4. The normalized spacial score (nSPS) is 10.4. The molecule has 8 heteroatoms. The zero-order chi connectivity index (χ0) is 17.1. The van der Waals surface area contributed by atoms with Crippen LogP contribution in [0.5, 0.6) is 0 Å². The molecule has 0 atom stereocenters. The maximum atomic E-state index is 11.2. The molecule has 0 radical (unpaired) electrons. The number of benzene rings is 2. The van der Waals surface area contributed by atoms with E-state index in [1.165, 1.54) is 12.4 Å². The first-order valence-corrected chi connectivity index (χ1v) is 7.56. The second kappa shape index (κ2) is 6.82. The van der Waals surface area contributed by atoms with Gasteiger partial charge in [0, 0.05) is 10.0 Å². The molecule has 2 aromatic heterocycles. The zero-order valence-electron chi connectivity index (χ0n) is 12.1. The molecule has 6 nitrogen and oxygen atoms in total. The quantitative estimate of drug-likeness (QED) is 0.503. The molecule has 4 rings (SSSR count). The number of nitrogens with one attached hydrogen (secondary N) is 2. The topological polar surface area (TPSA) is 91.5 Å². The van der Waals surface area contributed by atoms with Crippen LogP contribution in [0.3, 0.4) is 0 Å². The Morgan fingerprint density at radius 1 is 0.708 bits per heavy atom. The Morgan fingerprint density at radius 2 is 1.12 bits per heavy atom. The van der Waals surface area contributed by atoms with Gasteiger partial charge in [-0.15, -0.1) is 0 Å². The lowest BCUT2D eigenvalue weighted by Gasteiger charge is -1.94. The molecule has 0 saturated heterocycles.